The predicted octanol–water partition coefficient (Wildman–Crippen LogP) is 0.0630. The Hall–Kier alpha value is -1.40. The molecule has 2 N–H and O–H groups in total. The minimum absolute atomic E-state index is 0.0856. The Labute approximate surface area is 112 Å². The summed E-state index contributed by atoms with van der Waals surface area (Å²) in [6.07, 6.45) is 5.17. The molecule has 2 aliphatic rings. The van der Waals surface area contributed by atoms with Crippen molar-refractivity contribution in [3.05, 3.63) is 17.5 Å². The van der Waals surface area contributed by atoms with Gasteiger partial charge in [-0.2, -0.15) is 5.10 Å². The van der Waals surface area contributed by atoms with E-state index in [1.165, 1.54) is 11.3 Å². The van der Waals surface area contributed by atoms with Crippen LogP contribution in [0, 0.1) is 0 Å². The van der Waals surface area contributed by atoms with Crippen LogP contribution >= 0.6 is 0 Å². The normalized spacial score (nSPS) is 23.3. The fourth-order valence-electron chi connectivity index (χ4n) is 2.71. The summed E-state index contributed by atoms with van der Waals surface area (Å²) in [6.45, 7) is 3.64. The maximum atomic E-state index is 11.9. The van der Waals surface area contributed by atoms with Crippen molar-refractivity contribution >= 4 is 5.91 Å². The molecule has 2 aliphatic heterocycles. The molecule has 0 aliphatic carbocycles. The average molecular weight is 264 g/mol. The number of carbonyl (C=O) groups is 1. The minimum atomic E-state index is 0.0856. The van der Waals surface area contributed by atoms with Crippen LogP contribution in [0.5, 0.6) is 0 Å². The third-order valence-electron chi connectivity index (χ3n) is 3.80. The Morgan fingerprint density at radius 3 is 3.42 bits per heavy atom. The Morgan fingerprint density at radius 2 is 2.58 bits per heavy atom. The number of nitrogens with one attached hydrogen (secondary N) is 2. The molecule has 104 valence electrons. The van der Waals surface area contributed by atoms with E-state index in [1.807, 2.05) is 6.20 Å². The van der Waals surface area contributed by atoms with Crippen molar-refractivity contribution in [2.75, 3.05) is 26.2 Å². The minimum Gasteiger partial charge on any atom is -0.376 e. The van der Waals surface area contributed by atoms with Crippen molar-refractivity contribution in [1.82, 2.24) is 20.4 Å². The first-order chi connectivity index (χ1) is 9.31. The molecule has 1 amide bonds. The van der Waals surface area contributed by atoms with E-state index in [2.05, 4.69) is 20.4 Å². The number of carbonyl (C=O) groups excluding carboxylic acids is 1. The number of nitrogens with zero attached hydrogens (tertiary/aromatic N) is 2. The van der Waals surface area contributed by atoms with Crippen LogP contribution in [0.15, 0.2) is 6.20 Å². The predicted molar refractivity (Wildman–Crippen MR) is 69.6 cm³/mol. The summed E-state index contributed by atoms with van der Waals surface area (Å²) in [7, 11) is 0. The lowest BCUT2D eigenvalue weighted by Crippen LogP contribution is -2.41. The van der Waals surface area contributed by atoms with E-state index in [0.717, 1.165) is 39.0 Å². The topological polar surface area (TPSA) is 70.2 Å². The van der Waals surface area contributed by atoms with Crippen molar-refractivity contribution in [2.45, 2.75) is 31.9 Å². The monoisotopic (exact) mass is 264 g/mol. The first-order valence-corrected chi connectivity index (χ1v) is 6.93. The Kier molecular flexibility index (Phi) is 3.79. The van der Waals surface area contributed by atoms with Gasteiger partial charge in [0, 0.05) is 43.9 Å². The smallest absolute Gasteiger partial charge is 0.234 e. The molecule has 1 saturated heterocycles. The van der Waals surface area contributed by atoms with Gasteiger partial charge >= 0.3 is 0 Å². The van der Waals surface area contributed by atoms with E-state index in [0.29, 0.717) is 13.1 Å². The van der Waals surface area contributed by atoms with Gasteiger partial charge in [0.15, 0.2) is 0 Å². The molecular weight excluding hydrogens is 244 g/mol. The van der Waals surface area contributed by atoms with Crippen LogP contribution < -0.4 is 5.32 Å². The summed E-state index contributed by atoms with van der Waals surface area (Å²) in [5.41, 5.74) is 2.41. The van der Waals surface area contributed by atoms with E-state index in [-0.39, 0.29) is 12.0 Å². The second-order valence-electron chi connectivity index (χ2n) is 5.27. The molecule has 0 aromatic carbocycles. The van der Waals surface area contributed by atoms with Gasteiger partial charge < -0.3 is 10.1 Å². The second kappa shape index (κ2) is 5.71. The van der Waals surface area contributed by atoms with Gasteiger partial charge in [-0.1, -0.05) is 0 Å². The largest absolute Gasteiger partial charge is 0.376 e. The highest BCUT2D eigenvalue weighted by Crippen LogP contribution is 2.15. The highest BCUT2D eigenvalue weighted by atomic mass is 16.5. The molecule has 1 aromatic heterocycles. The summed E-state index contributed by atoms with van der Waals surface area (Å²) in [5, 5.41) is 10.00. The number of amides is 1. The highest BCUT2D eigenvalue weighted by Gasteiger charge is 2.21. The van der Waals surface area contributed by atoms with Crippen molar-refractivity contribution < 1.29 is 9.53 Å². The number of hydrogen-bond acceptors (Lipinski definition) is 4. The summed E-state index contributed by atoms with van der Waals surface area (Å²) < 4.78 is 5.49. The lowest BCUT2D eigenvalue weighted by Gasteiger charge is -2.25. The van der Waals surface area contributed by atoms with Gasteiger partial charge in [0.1, 0.15) is 0 Å². The molecule has 0 bridgehead atoms. The van der Waals surface area contributed by atoms with E-state index in [9.17, 15) is 4.79 Å². The summed E-state index contributed by atoms with van der Waals surface area (Å²) >= 11 is 0. The first kappa shape index (κ1) is 12.6. The zero-order chi connectivity index (χ0) is 13.1. The van der Waals surface area contributed by atoms with Crippen molar-refractivity contribution in [3.63, 3.8) is 0 Å². The number of ether oxygens (including phenoxy) is 1. The maximum Gasteiger partial charge on any atom is 0.234 e. The van der Waals surface area contributed by atoms with E-state index in [4.69, 9.17) is 4.74 Å². The molecule has 3 rings (SSSR count). The molecule has 1 aromatic rings. The van der Waals surface area contributed by atoms with Gasteiger partial charge in [-0.15, -0.1) is 0 Å². The number of fused-ring (bicyclic) bond motifs is 1. The van der Waals surface area contributed by atoms with Gasteiger partial charge in [0.05, 0.1) is 18.8 Å². The zero-order valence-corrected chi connectivity index (χ0v) is 11.0. The lowest BCUT2D eigenvalue weighted by molar-refractivity contribution is -0.123. The third kappa shape index (κ3) is 3.13. The number of H-pyrrole nitrogens is 1. The summed E-state index contributed by atoms with van der Waals surface area (Å²) in [4.78, 5) is 14.0. The molecule has 1 fully saturated rings. The lowest BCUT2D eigenvalue weighted by atomic mass is 10.1. The molecule has 0 spiro atoms. The fourth-order valence-corrected chi connectivity index (χ4v) is 2.71. The summed E-state index contributed by atoms with van der Waals surface area (Å²) in [6, 6.07) is 0. The van der Waals surface area contributed by atoms with Gasteiger partial charge in [-0.3, -0.25) is 14.8 Å². The first-order valence-electron chi connectivity index (χ1n) is 6.93. The van der Waals surface area contributed by atoms with Gasteiger partial charge in [-0.05, 0) is 12.8 Å². The van der Waals surface area contributed by atoms with E-state index >= 15 is 0 Å². The van der Waals surface area contributed by atoms with Crippen molar-refractivity contribution in [3.8, 4) is 0 Å². The molecule has 0 radical (unpaired) electrons. The van der Waals surface area contributed by atoms with Crippen LogP contribution in [-0.4, -0.2) is 53.3 Å². The van der Waals surface area contributed by atoms with Crippen LogP contribution in [0.4, 0.5) is 0 Å². The van der Waals surface area contributed by atoms with E-state index < -0.39 is 0 Å². The maximum absolute atomic E-state index is 11.9. The van der Waals surface area contributed by atoms with Crippen LogP contribution in [0.25, 0.3) is 0 Å². The second-order valence-corrected chi connectivity index (χ2v) is 5.27. The highest BCUT2D eigenvalue weighted by molar-refractivity contribution is 5.78. The number of aromatic amines is 1. The zero-order valence-electron chi connectivity index (χ0n) is 11.0. The summed E-state index contributed by atoms with van der Waals surface area (Å²) in [5.74, 6) is 0.0856. The van der Waals surface area contributed by atoms with Crippen molar-refractivity contribution in [2.24, 2.45) is 0 Å². The molecule has 3 heterocycles. The van der Waals surface area contributed by atoms with Gasteiger partial charge in [-0.25, -0.2) is 0 Å². The number of rotatable bonds is 4. The molecular formula is C13H20N4O2. The molecule has 6 heteroatoms. The quantitative estimate of drug-likeness (QED) is 0.807. The van der Waals surface area contributed by atoms with Crippen LogP contribution in [0.1, 0.15) is 24.1 Å². The third-order valence-corrected chi connectivity index (χ3v) is 3.80. The molecule has 0 saturated carbocycles. The molecule has 0 unspecified atom stereocenters. The Balaban J connectivity index is 1.42. The van der Waals surface area contributed by atoms with Crippen LogP contribution in [0.3, 0.4) is 0 Å². The average Bonchev–Trinajstić information content (AvgIpc) is 3.07. The van der Waals surface area contributed by atoms with Crippen LogP contribution in [-0.2, 0) is 22.5 Å². The number of aromatic nitrogens is 2. The van der Waals surface area contributed by atoms with Gasteiger partial charge in [0.2, 0.25) is 5.91 Å². The Bertz CT molecular complexity index is 440. The van der Waals surface area contributed by atoms with Crippen LogP contribution in [0.2, 0.25) is 0 Å². The standard InChI is InChI=1S/C13H20N4O2/c18-13(14-7-11-2-1-5-19-11)9-17-4-3-12-10(8-17)6-15-16-12/h6,11H,1-5,7-9H2,(H,14,18)(H,15,16)/t11-/m0/s1. The van der Waals surface area contributed by atoms with Gasteiger partial charge in [0.25, 0.3) is 0 Å². The molecule has 1 atom stereocenters. The number of hydrogen-bond donors (Lipinski definition) is 2. The SMILES string of the molecule is O=C(CN1CCc2[nH]ncc2C1)NC[C@@H]1CCCO1. The Morgan fingerprint density at radius 1 is 1.63 bits per heavy atom. The van der Waals surface area contributed by atoms with Crippen molar-refractivity contribution in [1.29, 1.82) is 0 Å². The fraction of sp³-hybridized carbons (Fsp3) is 0.692. The molecule has 19 heavy (non-hydrogen) atoms. The van der Waals surface area contributed by atoms with E-state index in [1.54, 1.807) is 0 Å². The molecule has 6 nitrogen and oxygen atoms in total.